The number of carbonyl (C=O) groups is 1. The fourth-order valence-corrected chi connectivity index (χ4v) is 4.27. The molecule has 0 bridgehead atoms. The van der Waals surface area contributed by atoms with Crippen LogP contribution in [0.25, 0.3) is 21.5 Å². The normalized spacial score (nSPS) is 11.5. The van der Waals surface area contributed by atoms with Crippen LogP contribution >= 0.6 is 0 Å². The number of amides is 1. The molecule has 0 saturated carbocycles. The summed E-state index contributed by atoms with van der Waals surface area (Å²) in [6.45, 7) is -0.306. The van der Waals surface area contributed by atoms with E-state index in [-0.39, 0.29) is 6.54 Å². The maximum absolute atomic E-state index is 12.7. The molecule has 146 valence electrons. The largest absolute Gasteiger partial charge is 0.324 e. The van der Waals surface area contributed by atoms with Gasteiger partial charge in [-0.05, 0) is 34.4 Å². The molecular formula is C23H20N2O3S. The summed E-state index contributed by atoms with van der Waals surface area (Å²) in [5.74, 6) is -0.404. The van der Waals surface area contributed by atoms with Crippen LogP contribution in [0.1, 0.15) is 0 Å². The smallest absolute Gasteiger partial charge is 0.245 e. The summed E-state index contributed by atoms with van der Waals surface area (Å²) in [4.78, 5) is 12.7. The molecule has 0 heterocycles. The minimum Gasteiger partial charge on any atom is -0.324 e. The second-order valence-electron chi connectivity index (χ2n) is 6.88. The number of hydrogen-bond donors (Lipinski definition) is 1. The first-order chi connectivity index (χ1) is 13.9. The fraction of sp³-hybridized carbons (Fsp3) is 0.0870. The Morgan fingerprint density at radius 2 is 1.48 bits per heavy atom. The topological polar surface area (TPSA) is 66.5 Å². The number of fused-ring (bicyclic) bond motifs is 2. The van der Waals surface area contributed by atoms with E-state index >= 15 is 0 Å². The standard InChI is InChI=1S/C23H20N2O3S/c1-29(27,28)25(22-12-6-10-18-8-4-5-11-21(18)22)16-23(26)24-20-14-13-17-7-2-3-9-19(17)15-20/h2-15H,16H2,1H3,(H,24,26). The summed E-state index contributed by atoms with van der Waals surface area (Å²) >= 11 is 0. The highest BCUT2D eigenvalue weighted by atomic mass is 32.2. The van der Waals surface area contributed by atoms with E-state index in [1.165, 1.54) is 0 Å². The van der Waals surface area contributed by atoms with E-state index in [9.17, 15) is 13.2 Å². The highest BCUT2D eigenvalue weighted by molar-refractivity contribution is 7.92. The minimum atomic E-state index is -3.66. The molecule has 29 heavy (non-hydrogen) atoms. The van der Waals surface area contributed by atoms with E-state index < -0.39 is 15.9 Å². The first-order valence-electron chi connectivity index (χ1n) is 9.16. The summed E-state index contributed by atoms with van der Waals surface area (Å²) in [5.41, 5.74) is 1.11. The summed E-state index contributed by atoms with van der Waals surface area (Å²) in [6.07, 6.45) is 1.11. The van der Waals surface area contributed by atoms with Gasteiger partial charge in [0.05, 0.1) is 11.9 Å². The molecule has 4 aromatic rings. The van der Waals surface area contributed by atoms with Gasteiger partial charge in [0, 0.05) is 11.1 Å². The molecule has 0 spiro atoms. The zero-order chi connectivity index (χ0) is 20.4. The van der Waals surface area contributed by atoms with E-state index in [1.54, 1.807) is 12.1 Å². The molecule has 0 aliphatic heterocycles. The second-order valence-corrected chi connectivity index (χ2v) is 8.78. The van der Waals surface area contributed by atoms with Gasteiger partial charge in [0.25, 0.3) is 0 Å². The van der Waals surface area contributed by atoms with Crippen molar-refractivity contribution in [3.63, 3.8) is 0 Å². The first-order valence-corrected chi connectivity index (χ1v) is 11.0. The Hall–Kier alpha value is -3.38. The molecule has 1 N–H and O–H groups in total. The molecule has 5 nitrogen and oxygen atoms in total. The van der Waals surface area contributed by atoms with Crippen molar-refractivity contribution in [3.05, 3.63) is 84.9 Å². The third-order valence-electron chi connectivity index (χ3n) is 4.76. The highest BCUT2D eigenvalue weighted by Crippen LogP contribution is 2.28. The molecule has 0 atom stereocenters. The molecule has 6 heteroatoms. The summed E-state index contributed by atoms with van der Waals surface area (Å²) in [7, 11) is -3.66. The summed E-state index contributed by atoms with van der Waals surface area (Å²) in [6, 6.07) is 26.4. The van der Waals surface area contributed by atoms with Gasteiger partial charge in [-0.2, -0.15) is 0 Å². The van der Waals surface area contributed by atoms with Crippen LogP contribution in [0, 0.1) is 0 Å². The van der Waals surface area contributed by atoms with Gasteiger partial charge < -0.3 is 5.32 Å². The lowest BCUT2D eigenvalue weighted by atomic mass is 10.1. The van der Waals surface area contributed by atoms with Gasteiger partial charge in [0.1, 0.15) is 6.54 Å². The van der Waals surface area contributed by atoms with Crippen LogP contribution in [0.15, 0.2) is 84.9 Å². The lowest BCUT2D eigenvalue weighted by molar-refractivity contribution is -0.114. The number of rotatable bonds is 5. The number of nitrogens with one attached hydrogen (secondary N) is 1. The number of carbonyl (C=O) groups excluding carboxylic acids is 1. The van der Waals surface area contributed by atoms with E-state index in [4.69, 9.17) is 0 Å². The molecule has 1 amide bonds. The number of benzene rings is 4. The average Bonchev–Trinajstić information content (AvgIpc) is 2.71. The molecule has 0 unspecified atom stereocenters. The Kier molecular flexibility index (Phi) is 4.94. The van der Waals surface area contributed by atoms with Crippen molar-refractivity contribution in [1.82, 2.24) is 0 Å². The minimum absolute atomic E-state index is 0.306. The maximum atomic E-state index is 12.7. The van der Waals surface area contributed by atoms with Crippen LogP contribution in [-0.4, -0.2) is 27.1 Å². The van der Waals surface area contributed by atoms with Crippen LogP contribution in [0.4, 0.5) is 11.4 Å². The van der Waals surface area contributed by atoms with Gasteiger partial charge in [0.2, 0.25) is 15.9 Å². The van der Waals surface area contributed by atoms with Crippen LogP contribution in [0.3, 0.4) is 0 Å². The number of hydrogen-bond acceptors (Lipinski definition) is 3. The third-order valence-corrected chi connectivity index (χ3v) is 5.88. The van der Waals surface area contributed by atoms with E-state index in [0.717, 1.165) is 32.1 Å². The number of anilines is 2. The molecule has 0 radical (unpaired) electrons. The van der Waals surface area contributed by atoms with Gasteiger partial charge in [-0.3, -0.25) is 9.10 Å². The number of sulfonamides is 1. The molecule has 0 aliphatic carbocycles. The molecule has 0 fully saturated rings. The predicted molar refractivity (Wildman–Crippen MR) is 119 cm³/mol. The van der Waals surface area contributed by atoms with E-state index in [0.29, 0.717) is 11.4 Å². The van der Waals surface area contributed by atoms with Crippen molar-refractivity contribution in [2.45, 2.75) is 0 Å². The zero-order valence-corrected chi connectivity index (χ0v) is 16.7. The van der Waals surface area contributed by atoms with Crippen molar-refractivity contribution in [2.75, 3.05) is 22.4 Å². The Bertz CT molecular complexity index is 1310. The van der Waals surface area contributed by atoms with Gasteiger partial charge in [-0.25, -0.2) is 8.42 Å². The third kappa shape index (κ3) is 4.07. The zero-order valence-electron chi connectivity index (χ0n) is 15.9. The van der Waals surface area contributed by atoms with Crippen LogP contribution < -0.4 is 9.62 Å². The van der Waals surface area contributed by atoms with Crippen molar-refractivity contribution in [1.29, 1.82) is 0 Å². The number of nitrogens with zero attached hydrogens (tertiary/aromatic N) is 1. The Morgan fingerprint density at radius 3 is 2.24 bits per heavy atom. The SMILES string of the molecule is CS(=O)(=O)N(CC(=O)Nc1ccc2ccccc2c1)c1cccc2ccccc12. The highest BCUT2D eigenvalue weighted by Gasteiger charge is 2.22. The molecule has 0 saturated heterocycles. The molecule has 4 rings (SSSR count). The van der Waals surface area contributed by atoms with Gasteiger partial charge >= 0.3 is 0 Å². The first kappa shape index (κ1) is 19.0. The Balaban J connectivity index is 1.63. The molecule has 4 aromatic carbocycles. The van der Waals surface area contributed by atoms with E-state index in [2.05, 4.69) is 5.32 Å². The Morgan fingerprint density at radius 1 is 0.828 bits per heavy atom. The average molecular weight is 404 g/mol. The Labute approximate surface area is 169 Å². The maximum Gasteiger partial charge on any atom is 0.245 e. The fourth-order valence-electron chi connectivity index (χ4n) is 3.40. The van der Waals surface area contributed by atoms with Gasteiger partial charge in [-0.1, -0.05) is 66.7 Å². The predicted octanol–water partition coefficient (Wildman–Crippen LogP) is 4.40. The summed E-state index contributed by atoms with van der Waals surface area (Å²) < 4.78 is 26.1. The quantitative estimate of drug-likeness (QED) is 0.536. The monoisotopic (exact) mass is 404 g/mol. The van der Waals surface area contributed by atoms with Gasteiger partial charge in [0.15, 0.2) is 0 Å². The van der Waals surface area contributed by atoms with Crippen molar-refractivity contribution in [2.24, 2.45) is 0 Å². The van der Waals surface area contributed by atoms with Crippen molar-refractivity contribution < 1.29 is 13.2 Å². The van der Waals surface area contributed by atoms with Crippen LogP contribution in [-0.2, 0) is 14.8 Å². The molecule has 0 aromatic heterocycles. The van der Waals surface area contributed by atoms with Crippen LogP contribution in [0.5, 0.6) is 0 Å². The molecule has 0 aliphatic rings. The lowest BCUT2D eigenvalue weighted by Crippen LogP contribution is -2.37. The van der Waals surface area contributed by atoms with Gasteiger partial charge in [-0.15, -0.1) is 0 Å². The van der Waals surface area contributed by atoms with Crippen molar-refractivity contribution >= 4 is 48.9 Å². The summed E-state index contributed by atoms with van der Waals surface area (Å²) in [5, 5.41) is 6.56. The van der Waals surface area contributed by atoms with E-state index in [1.807, 2.05) is 72.8 Å². The molecular weight excluding hydrogens is 384 g/mol. The van der Waals surface area contributed by atoms with Crippen molar-refractivity contribution in [3.8, 4) is 0 Å². The second kappa shape index (κ2) is 7.56. The lowest BCUT2D eigenvalue weighted by Gasteiger charge is -2.23. The van der Waals surface area contributed by atoms with Crippen LogP contribution in [0.2, 0.25) is 0 Å².